The first-order valence-corrected chi connectivity index (χ1v) is 9.79. The second-order valence-electron chi connectivity index (χ2n) is 6.42. The lowest BCUT2D eigenvalue weighted by atomic mass is 10.2. The zero-order chi connectivity index (χ0) is 24.1. The average molecular weight is 460 g/mol. The molecule has 0 aliphatic rings. The molecule has 2 rings (SSSR count). The predicted molar refractivity (Wildman–Crippen MR) is 118 cm³/mol. The highest BCUT2D eigenvalue weighted by atomic mass is 16.5. The van der Waals surface area contributed by atoms with Gasteiger partial charge >= 0.3 is 11.9 Å². The lowest BCUT2D eigenvalue weighted by Gasteiger charge is -2.11. The van der Waals surface area contributed by atoms with Crippen molar-refractivity contribution in [1.82, 2.24) is 0 Å². The zero-order valence-corrected chi connectivity index (χ0v) is 17.6. The minimum atomic E-state index is -1.08. The van der Waals surface area contributed by atoms with E-state index < -0.39 is 25.0 Å². The lowest BCUT2D eigenvalue weighted by molar-refractivity contribution is -0.136. The van der Waals surface area contributed by atoms with Crippen LogP contribution in [-0.2, 0) is 14.3 Å². The van der Waals surface area contributed by atoms with Crippen molar-refractivity contribution in [2.24, 2.45) is 9.98 Å². The SMILES string of the molecule is O=C(O)CN=Cc1cccc(OCCOCCOc2cccc(C=NCC(=O)O)c2O)c1O. The quantitative estimate of drug-likeness (QED) is 0.242. The summed E-state index contributed by atoms with van der Waals surface area (Å²) in [5.74, 6) is -2.05. The van der Waals surface area contributed by atoms with Gasteiger partial charge in [0.2, 0.25) is 0 Å². The maximum atomic E-state index is 10.5. The predicted octanol–water partition coefficient (Wildman–Crippen LogP) is 1.58. The van der Waals surface area contributed by atoms with E-state index in [2.05, 4.69) is 9.98 Å². The number of benzene rings is 2. The van der Waals surface area contributed by atoms with Gasteiger partial charge in [-0.2, -0.15) is 0 Å². The minimum absolute atomic E-state index is 0.143. The topological polar surface area (TPSA) is 167 Å². The van der Waals surface area contributed by atoms with Crippen LogP contribution in [0.5, 0.6) is 23.0 Å². The first-order valence-electron chi connectivity index (χ1n) is 9.79. The maximum Gasteiger partial charge on any atom is 0.325 e. The summed E-state index contributed by atoms with van der Waals surface area (Å²) in [4.78, 5) is 28.4. The van der Waals surface area contributed by atoms with E-state index in [1.807, 2.05) is 0 Å². The minimum Gasteiger partial charge on any atom is -0.504 e. The van der Waals surface area contributed by atoms with Crippen molar-refractivity contribution in [2.75, 3.05) is 39.5 Å². The highest BCUT2D eigenvalue weighted by Gasteiger charge is 2.08. The van der Waals surface area contributed by atoms with Crippen LogP contribution in [0.1, 0.15) is 11.1 Å². The van der Waals surface area contributed by atoms with Crippen LogP contribution in [-0.4, -0.2) is 84.3 Å². The van der Waals surface area contributed by atoms with Crippen molar-refractivity contribution >= 4 is 24.4 Å². The van der Waals surface area contributed by atoms with Crippen LogP contribution < -0.4 is 9.47 Å². The van der Waals surface area contributed by atoms with Gasteiger partial charge in [-0.15, -0.1) is 0 Å². The van der Waals surface area contributed by atoms with Gasteiger partial charge in [0, 0.05) is 23.6 Å². The summed E-state index contributed by atoms with van der Waals surface area (Å²) in [5.41, 5.74) is 0.663. The van der Waals surface area contributed by atoms with Gasteiger partial charge in [0.05, 0.1) is 13.2 Å². The second kappa shape index (κ2) is 13.3. The van der Waals surface area contributed by atoms with E-state index in [0.717, 1.165) is 0 Å². The smallest absolute Gasteiger partial charge is 0.325 e. The number of hydrogen-bond acceptors (Lipinski definition) is 9. The Morgan fingerprint density at radius 1 is 0.727 bits per heavy atom. The molecule has 0 spiro atoms. The van der Waals surface area contributed by atoms with E-state index in [0.29, 0.717) is 11.1 Å². The van der Waals surface area contributed by atoms with Crippen molar-refractivity contribution < 1.29 is 44.2 Å². The molecule has 0 heterocycles. The van der Waals surface area contributed by atoms with Gasteiger partial charge in [-0.05, 0) is 24.3 Å². The van der Waals surface area contributed by atoms with Crippen molar-refractivity contribution in [3.05, 3.63) is 47.5 Å². The molecule has 0 amide bonds. The molecule has 0 unspecified atom stereocenters. The molecule has 176 valence electrons. The Kier molecular flexibility index (Phi) is 10.2. The molecule has 4 N–H and O–H groups in total. The summed E-state index contributed by atoms with van der Waals surface area (Å²) in [6.07, 6.45) is 2.51. The number of hydrogen-bond donors (Lipinski definition) is 4. The molecular formula is C22H24N2O9. The summed E-state index contributed by atoms with van der Waals surface area (Å²) in [6, 6.07) is 9.54. The number of phenolic OH excluding ortho intramolecular Hbond substituents is 2. The van der Waals surface area contributed by atoms with Gasteiger partial charge in [-0.3, -0.25) is 19.6 Å². The third-order valence-electron chi connectivity index (χ3n) is 3.94. The Bertz CT molecular complexity index is 926. The van der Waals surface area contributed by atoms with E-state index in [1.54, 1.807) is 36.4 Å². The number of rotatable bonds is 14. The average Bonchev–Trinajstić information content (AvgIpc) is 2.76. The van der Waals surface area contributed by atoms with Gasteiger partial charge in [-0.1, -0.05) is 12.1 Å². The van der Waals surface area contributed by atoms with Crippen LogP contribution in [0.2, 0.25) is 0 Å². The van der Waals surface area contributed by atoms with E-state index in [1.165, 1.54) is 12.4 Å². The lowest BCUT2D eigenvalue weighted by Crippen LogP contribution is -2.12. The number of aromatic hydroxyl groups is 2. The number of para-hydroxylation sites is 2. The standard InChI is InChI=1S/C22H24N2O9/c25-19(26)13-23-11-15-3-1-5-17(21(15)29)32-9-7-31-8-10-33-18-6-2-4-16(22(18)30)12-24-14-20(27)28/h1-6,11-12,29-30H,7-10,13-14H2,(H,25,26)(H,27,28). The van der Waals surface area contributed by atoms with Crippen LogP contribution in [0.4, 0.5) is 0 Å². The third kappa shape index (κ3) is 8.87. The molecule has 0 saturated heterocycles. The summed E-state index contributed by atoms with van der Waals surface area (Å²) >= 11 is 0. The number of carbonyl (C=O) groups is 2. The highest BCUT2D eigenvalue weighted by Crippen LogP contribution is 2.29. The second-order valence-corrected chi connectivity index (χ2v) is 6.42. The van der Waals surface area contributed by atoms with Crippen molar-refractivity contribution in [1.29, 1.82) is 0 Å². The summed E-state index contributed by atoms with van der Waals surface area (Å²) in [5, 5.41) is 37.5. The number of carboxylic acid groups (broad SMARTS) is 2. The zero-order valence-electron chi connectivity index (χ0n) is 17.6. The van der Waals surface area contributed by atoms with Gasteiger partial charge in [0.1, 0.15) is 26.3 Å². The molecular weight excluding hydrogens is 436 g/mol. The van der Waals surface area contributed by atoms with E-state index in [9.17, 15) is 19.8 Å². The first kappa shape index (κ1) is 25.1. The number of nitrogens with zero attached hydrogens (tertiary/aromatic N) is 2. The normalized spacial score (nSPS) is 11.2. The molecule has 11 heteroatoms. The molecule has 0 aromatic heterocycles. The highest BCUT2D eigenvalue weighted by molar-refractivity contribution is 5.87. The fourth-order valence-electron chi connectivity index (χ4n) is 2.49. The first-order chi connectivity index (χ1) is 15.9. The third-order valence-corrected chi connectivity index (χ3v) is 3.94. The van der Waals surface area contributed by atoms with Crippen LogP contribution in [0.25, 0.3) is 0 Å². The maximum absolute atomic E-state index is 10.5. The molecule has 33 heavy (non-hydrogen) atoms. The Morgan fingerprint density at radius 2 is 1.15 bits per heavy atom. The molecule has 0 atom stereocenters. The summed E-state index contributed by atoms with van der Waals surface area (Å²) in [7, 11) is 0. The molecule has 0 aliphatic heterocycles. The fourth-order valence-corrected chi connectivity index (χ4v) is 2.49. The molecule has 0 fully saturated rings. The molecule has 0 saturated carbocycles. The van der Waals surface area contributed by atoms with Crippen molar-refractivity contribution in [2.45, 2.75) is 0 Å². The van der Waals surface area contributed by atoms with Crippen LogP contribution in [0.15, 0.2) is 46.4 Å². The molecule has 0 bridgehead atoms. The molecule has 11 nitrogen and oxygen atoms in total. The van der Waals surface area contributed by atoms with Gasteiger partial charge < -0.3 is 34.6 Å². The number of ether oxygens (including phenoxy) is 3. The Morgan fingerprint density at radius 3 is 1.55 bits per heavy atom. The van der Waals surface area contributed by atoms with E-state index >= 15 is 0 Å². The monoisotopic (exact) mass is 460 g/mol. The largest absolute Gasteiger partial charge is 0.504 e. The van der Waals surface area contributed by atoms with E-state index in [-0.39, 0.29) is 49.4 Å². The summed E-state index contributed by atoms with van der Waals surface area (Å²) in [6.45, 7) is -0.113. The van der Waals surface area contributed by atoms with Crippen LogP contribution >= 0.6 is 0 Å². The molecule has 2 aromatic carbocycles. The van der Waals surface area contributed by atoms with Crippen molar-refractivity contribution in [3.63, 3.8) is 0 Å². The van der Waals surface area contributed by atoms with Gasteiger partial charge in [0.25, 0.3) is 0 Å². The molecule has 0 radical (unpaired) electrons. The Labute approximate surface area is 189 Å². The van der Waals surface area contributed by atoms with Crippen molar-refractivity contribution in [3.8, 4) is 23.0 Å². The van der Waals surface area contributed by atoms with E-state index in [4.69, 9.17) is 24.4 Å². The fraction of sp³-hybridized carbons (Fsp3) is 0.273. The van der Waals surface area contributed by atoms with Crippen LogP contribution in [0.3, 0.4) is 0 Å². The number of carboxylic acids is 2. The molecule has 2 aromatic rings. The van der Waals surface area contributed by atoms with Gasteiger partial charge in [-0.25, -0.2) is 0 Å². The number of phenols is 2. The number of aliphatic carboxylic acids is 2. The molecule has 0 aliphatic carbocycles. The van der Waals surface area contributed by atoms with Gasteiger partial charge in [0.15, 0.2) is 23.0 Å². The Balaban J connectivity index is 1.73. The Hall–Kier alpha value is -4.12. The summed E-state index contributed by atoms with van der Waals surface area (Å²) < 4.78 is 16.3. The van der Waals surface area contributed by atoms with Crippen LogP contribution in [0, 0.1) is 0 Å². The number of aliphatic imine (C=N–C) groups is 2.